The number of cyclic esters (lactones) is 2. The lowest BCUT2D eigenvalue weighted by Crippen LogP contribution is -2.30. The van der Waals surface area contributed by atoms with E-state index in [1.165, 1.54) is 0 Å². The third kappa shape index (κ3) is 3.24. The summed E-state index contributed by atoms with van der Waals surface area (Å²) < 4.78 is 15.0. The molecule has 0 atom stereocenters. The summed E-state index contributed by atoms with van der Waals surface area (Å²) in [6, 6.07) is 9.95. The van der Waals surface area contributed by atoms with E-state index in [9.17, 15) is 4.79 Å². The molecule has 0 unspecified atom stereocenters. The monoisotopic (exact) mass is 222 g/mol. The zero-order chi connectivity index (χ0) is 11.2. The number of carbonyl (C=O) groups is 1. The van der Waals surface area contributed by atoms with Crippen molar-refractivity contribution in [1.82, 2.24) is 0 Å². The summed E-state index contributed by atoms with van der Waals surface area (Å²) in [4.78, 5) is 10.6. The molecule has 1 saturated heterocycles. The van der Waals surface area contributed by atoms with Crippen molar-refractivity contribution in [3.63, 3.8) is 0 Å². The van der Waals surface area contributed by atoms with Gasteiger partial charge in [0, 0.05) is 0 Å². The van der Waals surface area contributed by atoms with Crippen LogP contribution < -0.4 is 0 Å². The van der Waals surface area contributed by atoms with Crippen LogP contribution in [0.15, 0.2) is 30.3 Å². The zero-order valence-electron chi connectivity index (χ0n) is 8.93. The smallest absolute Gasteiger partial charge is 0.434 e. The van der Waals surface area contributed by atoms with E-state index in [2.05, 4.69) is 0 Å². The maximum atomic E-state index is 10.6. The minimum absolute atomic E-state index is 0.140. The first-order valence-corrected chi connectivity index (χ1v) is 5.26. The average Bonchev–Trinajstić information content (AvgIpc) is 2.33. The summed E-state index contributed by atoms with van der Waals surface area (Å²) in [5.41, 5.74) is 1.14. The summed E-state index contributed by atoms with van der Waals surface area (Å²) in [5, 5.41) is 0. The molecule has 0 saturated carbocycles. The maximum Gasteiger partial charge on any atom is 0.508 e. The highest BCUT2D eigenvalue weighted by atomic mass is 16.7. The summed E-state index contributed by atoms with van der Waals surface area (Å²) in [6.07, 6.45) is -0.584. The molecular weight excluding hydrogens is 208 g/mol. The summed E-state index contributed by atoms with van der Waals surface area (Å²) in [5.74, 6) is 0.140. The van der Waals surface area contributed by atoms with Gasteiger partial charge in [-0.15, -0.1) is 0 Å². The summed E-state index contributed by atoms with van der Waals surface area (Å²) >= 11 is 0. The van der Waals surface area contributed by atoms with Crippen LogP contribution in [0.5, 0.6) is 0 Å². The van der Waals surface area contributed by atoms with Crippen LogP contribution in [-0.2, 0) is 20.8 Å². The van der Waals surface area contributed by atoms with Gasteiger partial charge in [0.15, 0.2) is 0 Å². The van der Waals surface area contributed by atoms with Crippen LogP contribution in [0.3, 0.4) is 0 Å². The van der Waals surface area contributed by atoms with Gasteiger partial charge < -0.3 is 14.2 Å². The molecule has 4 nitrogen and oxygen atoms in total. The predicted molar refractivity (Wildman–Crippen MR) is 56.9 cm³/mol. The molecule has 86 valence electrons. The summed E-state index contributed by atoms with van der Waals surface area (Å²) in [6.45, 7) is 1.88. The van der Waals surface area contributed by atoms with Crippen molar-refractivity contribution in [3.05, 3.63) is 35.9 Å². The van der Waals surface area contributed by atoms with Gasteiger partial charge in [-0.1, -0.05) is 30.3 Å². The topological polar surface area (TPSA) is 44.8 Å². The van der Waals surface area contributed by atoms with Gasteiger partial charge in [-0.3, -0.25) is 0 Å². The lowest BCUT2D eigenvalue weighted by atomic mass is 10.2. The van der Waals surface area contributed by atoms with Gasteiger partial charge in [0.2, 0.25) is 0 Å². The molecular formula is C12H14O4. The predicted octanol–water partition coefficient (Wildman–Crippen LogP) is 1.99. The number of ether oxygens (including phenoxy) is 3. The van der Waals surface area contributed by atoms with Gasteiger partial charge in [-0.2, -0.15) is 0 Å². The molecule has 1 heterocycles. The normalized spacial score (nSPS) is 16.6. The first kappa shape index (κ1) is 11.0. The first-order chi connectivity index (χ1) is 7.84. The van der Waals surface area contributed by atoms with Crippen molar-refractivity contribution >= 4 is 6.16 Å². The molecule has 0 aromatic heterocycles. The molecule has 0 amide bonds. The molecule has 0 N–H and O–H groups in total. The van der Waals surface area contributed by atoms with E-state index in [1.54, 1.807) is 0 Å². The lowest BCUT2D eigenvalue weighted by molar-refractivity contribution is -0.0413. The molecule has 1 fully saturated rings. The minimum Gasteiger partial charge on any atom is -0.434 e. The van der Waals surface area contributed by atoms with Crippen molar-refractivity contribution in [3.8, 4) is 0 Å². The van der Waals surface area contributed by atoms with Crippen LogP contribution in [0.25, 0.3) is 0 Å². The molecule has 2 rings (SSSR count). The minimum atomic E-state index is -0.584. The Bertz CT molecular complexity index is 326. The van der Waals surface area contributed by atoms with Crippen molar-refractivity contribution in [2.24, 2.45) is 5.92 Å². The second-order valence-corrected chi connectivity index (χ2v) is 3.74. The van der Waals surface area contributed by atoms with Crippen LogP contribution in [0.4, 0.5) is 4.79 Å². The first-order valence-electron chi connectivity index (χ1n) is 5.26. The quantitative estimate of drug-likeness (QED) is 0.731. The van der Waals surface area contributed by atoms with Crippen LogP contribution >= 0.6 is 0 Å². The SMILES string of the molecule is O=C1OCC(COCc2ccccc2)CO1. The van der Waals surface area contributed by atoms with E-state index >= 15 is 0 Å². The number of benzene rings is 1. The van der Waals surface area contributed by atoms with Crippen LogP contribution in [-0.4, -0.2) is 26.0 Å². The molecule has 16 heavy (non-hydrogen) atoms. The Hall–Kier alpha value is -1.55. The molecule has 0 aliphatic carbocycles. The molecule has 1 aliphatic heterocycles. The van der Waals surface area contributed by atoms with E-state index < -0.39 is 6.16 Å². The van der Waals surface area contributed by atoms with Gasteiger partial charge in [0.05, 0.1) is 19.1 Å². The van der Waals surface area contributed by atoms with E-state index in [-0.39, 0.29) is 5.92 Å². The molecule has 0 radical (unpaired) electrons. The zero-order valence-corrected chi connectivity index (χ0v) is 8.93. The molecule has 0 spiro atoms. The Labute approximate surface area is 94.1 Å². The highest BCUT2D eigenvalue weighted by Gasteiger charge is 2.20. The van der Waals surface area contributed by atoms with E-state index in [0.29, 0.717) is 26.4 Å². The van der Waals surface area contributed by atoms with Crippen molar-refractivity contribution in [2.45, 2.75) is 6.61 Å². The Kier molecular flexibility index (Phi) is 3.77. The second-order valence-electron chi connectivity index (χ2n) is 3.74. The van der Waals surface area contributed by atoms with Gasteiger partial charge in [-0.05, 0) is 5.56 Å². The highest BCUT2D eigenvalue weighted by molar-refractivity contribution is 5.60. The van der Waals surface area contributed by atoms with Gasteiger partial charge in [-0.25, -0.2) is 4.79 Å². The van der Waals surface area contributed by atoms with E-state index in [4.69, 9.17) is 14.2 Å². The molecule has 0 bridgehead atoms. The average molecular weight is 222 g/mol. The number of hydrogen-bond acceptors (Lipinski definition) is 4. The number of rotatable bonds is 4. The molecule has 1 aromatic carbocycles. The fraction of sp³-hybridized carbons (Fsp3) is 0.417. The van der Waals surface area contributed by atoms with Crippen molar-refractivity contribution in [2.75, 3.05) is 19.8 Å². The van der Waals surface area contributed by atoms with E-state index in [1.807, 2.05) is 30.3 Å². The fourth-order valence-corrected chi connectivity index (χ4v) is 1.48. The Morgan fingerprint density at radius 2 is 1.88 bits per heavy atom. The Morgan fingerprint density at radius 3 is 2.56 bits per heavy atom. The van der Waals surface area contributed by atoms with E-state index in [0.717, 1.165) is 5.56 Å². The van der Waals surface area contributed by atoms with Gasteiger partial charge in [0.25, 0.3) is 0 Å². The van der Waals surface area contributed by atoms with Gasteiger partial charge >= 0.3 is 6.16 Å². The maximum absolute atomic E-state index is 10.6. The van der Waals surface area contributed by atoms with Crippen LogP contribution in [0.1, 0.15) is 5.56 Å². The third-order valence-corrected chi connectivity index (χ3v) is 2.34. The van der Waals surface area contributed by atoms with Crippen molar-refractivity contribution in [1.29, 1.82) is 0 Å². The van der Waals surface area contributed by atoms with Gasteiger partial charge in [0.1, 0.15) is 13.2 Å². The fourth-order valence-electron chi connectivity index (χ4n) is 1.48. The number of carbonyl (C=O) groups excluding carboxylic acids is 1. The third-order valence-electron chi connectivity index (χ3n) is 2.34. The van der Waals surface area contributed by atoms with Crippen LogP contribution in [0, 0.1) is 5.92 Å². The highest BCUT2D eigenvalue weighted by Crippen LogP contribution is 2.09. The van der Waals surface area contributed by atoms with Crippen molar-refractivity contribution < 1.29 is 19.0 Å². The lowest BCUT2D eigenvalue weighted by Gasteiger charge is -2.21. The second kappa shape index (κ2) is 5.51. The Morgan fingerprint density at radius 1 is 1.19 bits per heavy atom. The molecule has 1 aliphatic rings. The number of hydrogen-bond donors (Lipinski definition) is 0. The standard InChI is InChI=1S/C12H14O4/c13-12-15-8-11(9-16-12)7-14-6-10-4-2-1-3-5-10/h1-5,11H,6-9H2. The Balaban J connectivity index is 1.67. The van der Waals surface area contributed by atoms with Crippen LogP contribution in [0.2, 0.25) is 0 Å². The molecule has 1 aromatic rings. The largest absolute Gasteiger partial charge is 0.508 e. The summed E-state index contributed by atoms with van der Waals surface area (Å²) in [7, 11) is 0. The molecule has 4 heteroatoms.